The van der Waals surface area contributed by atoms with E-state index in [1.807, 2.05) is 36.4 Å². The number of nitrogens with zero attached hydrogens (tertiary/aromatic N) is 3. The maximum Gasteiger partial charge on any atom is 2.00 e. The molecule has 338 valence electrons. The first kappa shape index (κ1) is 42.0. The summed E-state index contributed by atoms with van der Waals surface area (Å²) in [6.45, 7) is 0. The molecule has 5 heterocycles. The predicted molar refractivity (Wildman–Crippen MR) is 295 cm³/mol. The average molecular weight is 1160 g/mol. The van der Waals surface area contributed by atoms with Gasteiger partial charge >= 0.3 is 31.1 Å². The van der Waals surface area contributed by atoms with Crippen molar-refractivity contribution in [3.8, 4) is 11.1 Å². The molecule has 0 atom stereocenters. The largest absolute Gasteiger partial charge is 2.00 e. The molecule has 0 saturated heterocycles. The molecule has 0 aliphatic carbocycles. The van der Waals surface area contributed by atoms with E-state index in [1.54, 1.807) is 0 Å². The van der Waals surface area contributed by atoms with Crippen molar-refractivity contribution in [1.82, 2.24) is 4.40 Å². The van der Waals surface area contributed by atoms with Crippen molar-refractivity contribution in [2.75, 3.05) is 9.80 Å². The second-order valence-corrected chi connectivity index (χ2v) is 18.5. The van der Waals surface area contributed by atoms with Crippen LogP contribution in [0.3, 0.4) is 0 Å². The summed E-state index contributed by atoms with van der Waals surface area (Å²) >= 11 is 0. The first-order valence-corrected chi connectivity index (χ1v) is 24.3. The summed E-state index contributed by atoms with van der Waals surface area (Å²) < 4.78 is 23.3. The molecular weight excluding hydrogens is 1120 g/mol. The molecular formula is C66H37N3O3U. The number of hydrogen-bond acceptors (Lipinski definition) is 5. The number of para-hydroxylation sites is 8. The van der Waals surface area contributed by atoms with E-state index in [1.165, 1.54) is 0 Å². The van der Waals surface area contributed by atoms with Gasteiger partial charge in [0.1, 0.15) is 16.7 Å². The Kier molecular flexibility index (Phi) is 9.29. The van der Waals surface area contributed by atoms with E-state index in [9.17, 15) is 0 Å². The number of fused-ring (bicyclic) bond motifs is 16. The number of benzene rings is 11. The van der Waals surface area contributed by atoms with E-state index in [0.717, 1.165) is 149 Å². The van der Waals surface area contributed by atoms with Crippen LogP contribution in [0.1, 0.15) is 0 Å². The molecule has 6 nitrogen and oxygen atoms in total. The van der Waals surface area contributed by atoms with Gasteiger partial charge in [-0.2, -0.15) is 36.4 Å². The van der Waals surface area contributed by atoms with Gasteiger partial charge in [0.25, 0.3) is 0 Å². The van der Waals surface area contributed by atoms with Crippen LogP contribution in [0.4, 0.5) is 34.1 Å². The summed E-state index contributed by atoms with van der Waals surface area (Å²) in [5.41, 5.74) is 15.6. The predicted octanol–water partition coefficient (Wildman–Crippen LogP) is 18.7. The quantitative estimate of drug-likeness (QED) is 0.149. The molecule has 0 spiro atoms. The molecule has 0 bridgehead atoms. The van der Waals surface area contributed by atoms with Crippen molar-refractivity contribution < 1.29 is 44.4 Å². The zero-order valence-corrected chi connectivity index (χ0v) is 43.1. The average Bonchev–Trinajstić information content (AvgIpc) is 4.27. The van der Waals surface area contributed by atoms with Gasteiger partial charge in [0, 0.05) is 54.5 Å². The molecule has 0 N–H and O–H groups in total. The standard InChI is InChI=1S/C66H37N3O3.U/c1-4-19-40(20-5-1)41-37-54(67(42-21-6-2-7-22-42)52-32-17-28-47-44-25-10-13-34-57(44)70-64(47)52)60-49-30-16-31-50-61-56(39-51-46-27-12-15-36-59(46)72-66(51)63(61)69(62(49)50)55(60)38-41)68(43-23-8-3-9-24-43)53-33-18-29-48-45-26-11-14-35-58(45)71-65(48)53;/h1-19,21-37,39H;/q-2;+2. The summed E-state index contributed by atoms with van der Waals surface area (Å²) in [6.07, 6.45) is 0. The first-order chi connectivity index (χ1) is 35.7. The summed E-state index contributed by atoms with van der Waals surface area (Å²) in [6, 6.07) is 86.3. The van der Waals surface area contributed by atoms with E-state index in [2.05, 4.69) is 214 Å². The van der Waals surface area contributed by atoms with Gasteiger partial charge in [0.05, 0.1) is 28.1 Å². The molecule has 0 aliphatic heterocycles. The Morgan fingerprint density at radius 1 is 0.342 bits per heavy atom. The Balaban J connectivity index is 0.00000473. The number of hydrogen-bond donors (Lipinski definition) is 0. The summed E-state index contributed by atoms with van der Waals surface area (Å²) in [7, 11) is 0. The first-order valence-electron chi connectivity index (χ1n) is 24.3. The van der Waals surface area contributed by atoms with Crippen molar-refractivity contribution in [3.05, 3.63) is 237 Å². The molecule has 73 heavy (non-hydrogen) atoms. The van der Waals surface area contributed by atoms with Crippen LogP contribution in [0.15, 0.2) is 238 Å². The Hall–Kier alpha value is -8.73. The maximum absolute atomic E-state index is 7.14. The Morgan fingerprint density at radius 2 is 0.808 bits per heavy atom. The van der Waals surface area contributed by atoms with Crippen molar-refractivity contribution >= 4 is 138 Å². The third kappa shape index (κ3) is 6.04. The fourth-order valence-corrected chi connectivity index (χ4v) is 11.7. The Morgan fingerprint density at radius 3 is 1.38 bits per heavy atom. The van der Waals surface area contributed by atoms with Crippen LogP contribution in [0.2, 0.25) is 0 Å². The van der Waals surface area contributed by atoms with Crippen LogP contribution >= 0.6 is 0 Å². The second kappa shape index (κ2) is 16.1. The smallest absolute Gasteiger partial charge is 0.454 e. The van der Waals surface area contributed by atoms with Gasteiger partial charge < -0.3 is 27.5 Å². The van der Waals surface area contributed by atoms with Crippen molar-refractivity contribution in [1.29, 1.82) is 0 Å². The van der Waals surface area contributed by atoms with Gasteiger partial charge in [-0.25, -0.2) is 11.1 Å². The summed E-state index contributed by atoms with van der Waals surface area (Å²) in [5.74, 6) is 0. The fraction of sp³-hybridized carbons (Fsp3) is 0. The Labute approximate surface area is 441 Å². The third-order valence-electron chi connectivity index (χ3n) is 14.7. The van der Waals surface area contributed by atoms with Crippen LogP contribution in [0, 0.1) is 43.2 Å². The number of furan rings is 3. The number of rotatable bonds is 7. The van der Waals surface area contributed by atoms with Crippen LogP contribution < -0.4 is 9.80 Å². The van der Waals surface area contributed by atoms with Crippen LogP contribution in [-0.4, -0.2) is 4.40 Å². The molecule has 0 saturated carbocycles. The van der Waals surface area contributed by atoms with Crippen LogP contribution in [-0.2, 0) is 0 Å². The van der Waals surface area contributed by atoms with Crippen molar-refractivity contribution in [3.63, 3.8) is 0 Å². The van der Waals surface area contributed by atoms with Gasteiger partial charge in [-0.05, 0) is 77.3 Å². The zero-order chi connectivity index (χ0) is 47.0. The summed E-state index contributed by atoms with van der Waals surface area (Å²) in [5, 5.41) is 10.6. The van der Waals surface area contributed by atoms with E-state index >= 15 is 0 Å². The molecule has 0 amide bonds. The van der Waals surface area contributed by atoms with Crippen molar-refractivity contribution in [2.24, 2.45) is 0 Å². The summed E-state index contributed by atoms with van der Waals surface area (Å²) in [4.78, 5) is 4.74. The van der Waals surface area contributed by atoms with Gasteiger partial charge in [-0.15, -0.1) is 6.07 Å². The minimum Gasteiger partial charge on any atom is -0.454 e. The second-order valence-electron chi connectivity index (χ2n) is 18.5. The van der Waals surface area contributed by atoms with Gasteiger partial charge in [0.2, 0.25) is 0 Å². The SMILES string of the molecule is [U+2].[c-]1ccccc1-c1[c-]c2c(c(N(c3ccccc3)c3cccc4c3oc3ccccc34)c1)c1cccc3c4c(N(c5ccccc5)c5cccc6c5oc5ccccc56)cc5c6ccccc6oc5c4n2c13. The zero-order valence-electron chi connectivity index (χ0n) is 38.9. The molecule has 16 rings (SSSR count). The van der Waals surface area contributed by atoms with Crippen LogP contribution in [0.5, 0.6) is 0 Å². The monoisotopic (exact) mass is 1160 g/mol. The van der Waals surface area contributed by atoms with Crippen LogP contribution in [0.25, 0.3) is 115 Å². The molecule has 7 heteroatoms. The minimum atomic E-state index is 0. The number of aromatic nitrogens is 1. The molecule has 0 aliphatic rings. The van der Waals surface area contributed by atoms with Gasteiger partial charge in [0.15, 0.2) is 16.7 Å². The normalized spacial score (nSPS) is 12.0. The third-order valence-corrected chi connectivity index (χ3v) is 14.7. The molecule has 11 aromatic carbocycles. The van der Waals surface area contributed by atoms with E-state index in [4.69, 9.17) is 13.3 Å². The minimum absolute atomic E-state index is 0. The molecule has 0 radical (unpaired) electrons. The molecule has 0 fully saturated rings. The van der Waals surface area contributed by atoms with Crippen molar-refractivity contribution in [2.45, 2.75) is 0 Å². The van der Waals surface area contributed by atoms with E-state index < -0.39 is 0 Å². The number of anilines is 6. The maximum atomic E-state index is 7.14. The van der Waals surface area contributed by atoms with E-state index in [0.29, 0.717) is 0 Å². The fourth-order valence-electron chi connectivity index (χ4n) is 11.7. The molecule has 0 unspecified atom stereocenters. The molecule has 5 aromatic heterocycles. The molecule has 16 aromatic rings. The van der Waals surface area contributed by atoms with Gasteiger partial charge in [-0.3, -0.25) is 0 Å². The Bertz CT molecular complexity index is 4820. The topological polar surface area (TPSA) is 50.3 Å². The van der Waals surface area contributed by atoms with Gasteiger partial charge in [-0.1, -0.05) is 139 Å². The van der Waals surface area contributed by atoms with E-state index in [-0.39, 0.29) is 31.1 Å².